The number of thiazole rings is 1. The number of hydrogen-bond acceptors (Lipinski definition) is 6. The smallest absolute Gasteiger partial charge is 0.431 e. The van der Waals surface area contributed by atoms with Crippen LogP contribution in [0, 0.1) is 0 Å². The van der Waals surface area contributed by atoms with Crippen LogP contribution >= 0.6 is 11.3 Å². The summed E-state index contributed by atoms with van der Waals surface area (Å²) in [7, 11) is 0. The van der Waals surface area contributed by atoms with E-state index in [9.17, 15) is 4.79 Å². The zero-order valence-electron chi connectivity index (χ0n) is 13.1. The van der Waals surface area contributed by atoms with Gasteiger partial charge in [0, 0.05) is 5.39 Å². The minimum atomic E-state index is -0.620. The van der Waals surface area contributed by atoms with E-state index in [0.717, 1.165) is 26.1 Å². The van der Waals surface area contributed by atoms with E-state index in [2.05, 4.69) is 15.4 Å². The first-order valence-electron chi connectivity index (χ1n) is 7.16. The van der Waals surface area contributed by atoms with Gasteiger partial charge in [0.15, 0.2) is 0 Å². The number of hydrogen-bond donors (Lipinski definition) is 1. The molecule has 120 valence electrons. The Morgan fingerprint density at radius 2 is 2.04 bits per heavy atom. The Morgan fingerprint density at radius 3 is 2.83 bits per heavy atom. The fraction of sp³-hybridized carbons (Fsp3) is 0.312. The number of carbonyl (C=O) groups excluding carboxylic acids is 1. The fourth-order valence-electron chi connectivity index (χ4n) is 2.08. The zero-order chi connectivity index (χ0) is 16.4. The van der Waals surface area contributed by atoms with Gasteiger partial charge >= 0.3 is 6.09 Å². The second kappa shape index (κ2) is 6.10. The maximum Gasteiger partial charge on any atom is 0.431 e. The molecule has 0 saturated heterocycles. The molecular formula is C16H17N3O3S. The van der Waals surface area contributed by atoms with Crippen molar-refractivity contribution in [3.05, 3.63) is 35.5 Å². The number of nitrogens with zero attached hydrogens (tertiary/aromatic N) is 2. The summed E-state index contributed by atoms with van der Waals surface area (Å²) in [5.74, 6) is 0. The Kier molecular flexibility index (Phi) is 4.14. The SMILES string of the molecule is CC(C)(C)OC(=O)NOCc1nc2cnc3ccccc3c2s1. The van der Waals surface area contributed by atoms with Crippen molar-refractivity contribution in [2.24, 2.45) is 0 Å². The number of benzene rings is 1. The molecular weight excluding hydrogens is 314 g/mol. The van der Waals surface area contributed by atoms with Crippen LogP contribution in [0.15, 0.2) is 30.5 Å². The second-order valence-electron chi connectivity index (χ2n) is 5.99. The number of pyridine rings is 1. The number of rotatable bonds is 3. The van der Waals surface area contributed by atoms with Gasteiger partial charge in [-0.05, 0) is 26.8 Å². The van der Waals surface area contributed by atoms with Gasteiger partial charge in [0.2, 0.25) is 0 Å². The fourth-order valence-corrected chi connectivity index (χ4v) is 3.07. The molecule has 0 spiro atoms. The third-order valence-corrected chi connectivity index (χ3v) is 4.00. The predicted octanol–water partition coefficient (Wildman–Crippen LogP) is 3.80. The summed E-state index contributed by atoms with van der Waals surface area (Å²) in [6.07, 6.45) is 1.13. The summed E-state index contributed by atoms with van der Waals surface area (Å²) in [6.45, 7) is 5.54. The van der Waals surface area contributed by atoms with Gasteiger partial charge in [0.05, 0.1) is 16.4 Å². The molecule has 1 amide bonds. The van der Waals surface area contributed by atoms with Crippen molar-refractivity contribution in [2.45, 2.75) is 33.0 Å². The lowest BCUT2D eigenvalue weighted by Gasteiger charge is -2.19. The molecule has 0 aliphatic heterocycles. The first-order valence-corrected chi connectivity index (χ1v) is 7.98. The summed E-state index contributed by atoms with van der Waals surface area (Å²) in [6, 6.07) is 7.92. The van der Waals surface area contributed by atoms with E-state index in [0.29, 0.717) is 0 Å². The van der Waals surface area contributed by atoms with Crippen LogP contribution in [0.2, 0.25) is 0 Å². The van der Waals surface area contributed by atoms with Gasteiger partial charge in [-0.15, -0.1) is 11.3 Å². The van der Waals surface area contributed by atoms with E-state index in [1.807, 2.05) is 24.3 Å². The van der Waals surface area contributed by atoms with E-state index in [4.69, 9.17) is 9.57 Å². The number of para-hydroxylation sites is 1. The highest BCUT2D eigenvalue weighted by Crippen LogP contribution is 2.28. The van der Waals surface area contributed by atoms with Gasteiger partial charge in [-0.2, -0.15) is 5.48 Å². The molecule has 0 aliphatic carbocycles. The van der Waals surface area contributed by atoms with Crippen molar-refractivity contribution in [3.63, 3.8) is 0 Å². The maximum atomic E-state index is 11.5. The van der Waals surface area contributed by atoms with Gasteiger partial charge in [0.25, 0.3) is 0 Å². The Bertz CT molecular complexity index is 855. The molecule has 0 fully saturated rings. The van der Waals surface area contributed by atoms with Crippen LogP contribution in [0.25, 0.3) is 21.1 Å². The topological polar surface area (TPSA) is 73.3 Å². The highest BCUT2D eigenvalue weighted by Gasteiger charge is 2.16. The summed E-state index contributed by atoms with van der Waals surface area (Å²) in [4.78, 5) is 25.5. The Morgan fingerprint density at radius 1 is 1.26 bits per heavy atom. The summed E-state index contributed by atoms with van der Waals surface area (Å²) < 4.78 is 6.15. The molecule has 23 heavy (non-hydrogen) atoms. The second-order valence-corrected chi connectivity index (χ2v) is 7.07. The van der Waals surface area contributed by atoms with E-state index < -0.39 is 11.7 Å². The Balaban J connectivity index is 1.70. The van der Waals surface area contributed by atoms with Crippen molar-refractivity contribution in [3.8, 4) is 0 Å². The molecule has 0 saturated carbocycles. The van der Waals surface area contributed by atoms with Crippen LogP contribution in [0.3, 0.4) is 0 Å². The van der Waals surface area contributed by atoms with E-state index in [1.165, 1.54) is 11.3 Å². The molecule has 2 aromatic heterocycles. The molecule has 3 aromatic rings. The van der Waals surface area contributed by atoms with Crippen LogP contribution in [0.1, 0.15) is 25.8 Å². The predicted molar refractivity (Wildman–Crippen MR) is 89.1 cm³/mol. The van der Waals surface area contributed by atoms with Crippen molar-refractivity contribution < 1.29 is 14.4 Å². The largest absolute Gasteiger partial charge is 0.442 e. The monoisotopic (exact) mass is 331 g/mol. The van der Waals surface area contributed by atoms with Gasteiger partial charge in [0.1, 0.15) is 22.7 Å². The van der Waals surface area contributed by atoms with E-state index >= 15 is 0 Å². The highest BCUT2D eigenvalue weighted by atomic mass is 32.1. The summed E-state index contributed by atoms with van der Waals surface area (Å²) >= 11 is 1.52. The van der Waals surface area contributed by atoms with Gasteiger partial charge in [-0.1, -0.05) is 18.2 Å². The molecule has 0 radical (unpaired) electrons. The van der Waals surface area contributed by atoms with Crippen LogP contribution < -0.4 is 5.48 Å². The summed E-state index contributed by atoms with van der Waals surface area (Å²) in [5.41, 5.74) is 3.45. The first-order chi connectivity index (χ1) is 10.9. The van der Waals surface area contributed by atoms with Crippen LogP contribution in [-0.4, -0.2) is 21.7 Å². The van der Waals surface area contributed by atoms with Crippen molar-refractivity contribution in [2.75, 3.05) is 0 Å². The van der Waals surface area contributed by atoms with Gasteiger partial charge in [-0.25, -0.2) is 9.78 Å². The molecule has 1 aromatic carbocycles. The molecule has 6 nitrogen and oxygen atoms in total. The van der Waals surface area contributed by atoms with Crippen LogP contribution in [0.5, 0.6) is 0 Å². The van der Waals surface area contributed by atoms with Crippen molar-refractivity contribution in [1.29, 1.82) is 0 Å². The molecule has 0 atom stereocenters. The van der Waals surface area contributed by atoms with Gasteiger partial charge < -0.3 is 4.74 Å². The van der Waals surface area contributed by atoms with E-state index in [1.54, 1.807) is 27.0 Å². The average Bonchev–Trinajstić information content (AvgIpc) is 2.88. The number of hydroxylamine groups is 1. The lowest BCUT2D eigenvalue weighted by atomic mass is 10.2. The summed E-state index contributed by atoms with van der Waals surface area (Å²) in [5, 5.41) is 1.82. The average molecular weight is 331 g/mol. The van der Waals surface area contributed by atoms with Crippen LogP contribution in [0.4, 0.5) is 4.79 Å². The lowest BCUT2D eigenvalue weighted by Crippen LogP contribution is -2.32. The molecule has 1 N–H and O–H groups in total. The quantitative estimate of drug-likeness (QED) is 0.739. The molecule has 2 heterocycles. The number of fused-ring (bicyclic) bond motifs is 3. The third-order valence-electron chi connectivity index (χ3n) is 2.92. The molecule has 0 unspecified atom stereocenters. The molecule has 7 heteroatoms. The number of amides is 1. The normalized spacial score (nSPS) is 11.8. The minimum absolute atomic E-state index is 0.174. The standard InChI is InChI=1S/C16H17N3O3S/c1-16(2,3)22-15(20)19-21-9-13-18-12-8-17-11-7-5-4-6-10(11)14(12)23-13/h4-8H,9H2,1-3H3,(H,19,20). The number of nitrogens with one attached hydrogen (secondary N) is 1. The number of carbonyl (C=O) groups is 1. The van der Waals surface area contributed by atoms with E-state index in [-0.39, 0.29) is 6.61 Å². The molecule has 3 rings (SSSR count). The molecule has 0 aliphatic rings. The lowest BCUT2D eigenvalue weighted by molar-refractivity contribution is -0.0136. The zero-order valence-corrected chi connectivity index (χ0v) is 13.9. The van der Waals surface area contributed by atoms with Crippen molar-refractivity contribution in [1.82, 2.24) is 15.4 Å². The number of ether oxygens (including phenoxy) is 1. The number of aromatic nitrogens is 2. The molecule has 0 bridgehead atoms. The van der Waals surface area contributed by atoms with Crippen LogP contribution in [-0.2, 0) is 16.2 Å². The van der Waals surface area contributed by atoms with Crippen molar-refractivity contribution >= 4 is 38.5 Å². The third kappa shape index (κ3) is 3.75. The minimum Gasteiger partial charge on any atom is -0.442 e. The Labute approximate surface area is 137 Å². The highest BCUT2D eigenvalue weighted by molar-refractivity contribution is 7.19. The van der Waals surface area contributed by atoms with Gasteiger partial charge in [-0.3, -0.25) is 9.82 Å². The maximum absolute atomic E-state index is 11.5. The Hall–Kier alpha value is -2.25. The first kappa shape index (κ1) is 15.6.